The first kappa shape index (κ1) is 13.6. The van der Waals surface area contributed by atoms with Crippen molar-refractivity contribution in [2.45, 2.75) is 51.9 Å². The zero-order valence-electron chi connectivity index (χ0n) is 12.3. The minimum absolute atomic E-state index is 0.346. The van der Waals surface area contributed by atoms with Crippen molar-refractivity contribution >= 4 is 11.0 Å². The van der Waals surface area contributed by atoms with Gasteiger partial charge >= 0.3 is 0 Å². The first-order chi connectivity index (χ1) is 9.74. The van der Waals surface area contributed by atoms with Crippen molar-refractivity contribution in [2.24, 2.45) is 0 Å². The molecule has 0 amide bonds. The van der Waals surface area contributed by atoms with E-state index in [0.717, 1.165) is 31.8 Å². The predicted octanol–water partition coefficient (Wildman–Crippen LogP) is 2.71. The third kappa shape index (κ3) is 2.86. The molecule has 1 saturated heterocycles. The minimum Gasteiger partial charge on any atom is -0.376 e. The van der Waals surface area contributed by atoms with Gasteiger partial charge in [-0.1, -0.05) is 13.8 Å². The van der Waals surface area contributed by atoms with Crippen molar-refractivity contribution in [2.75, 3.05) is 6.61 Å². The van der Waals surface area contributed by atoms with Gasteiger partial charge in [0.1, 0.15) is 5.65 Å². The Morgan fingerprint density at radius 2 is 2.40 bits per heavy atom. The molecule has 1 unspecified atom stereocenters. The Bertz CT molecular complexity index is 570. The van der Waals surface area contributed by atoms with Crippen LogP contribution < -0.4 is 5.32 Å². The van der Waals surface area contributed by atoms with Crippen LogP contribution in [0.5, 0.6) is 0 Å². The molecule has 0 saturated carbocycles. The fraction of sp³-hybridized carbons (Fsp3) is 0.562. The molecule has 0 spiro atoms. The topological polar surface area (TPSA) is 39.1 Å². The fourth-order valence-electron chi connectivity index (χ4n) is 2.80. The second-order valence-corrected chi connectivity index (χ2v) is 5.85. The zero-order chi connectivity index (χ0) is 13.9. The molecule has 0 bridgehead atoms. The monoisotopic (exact) mass is 273 g/mol. The van der Waals surface area contributed by atoms with E-state index < -0.39 is 0 Å². The van der Waals surface area contributed by atoms with Crippen molar-refractivity contribution in [1.29, 1.82) is 0 Å². The Labute approximate surface area is 120 Å². The summed E-state index contributed by atoms with van der Waals surface area (Å²) in [4.78, 5) is 4.55. The lowest BCUT2D eigenvalue weighted by molar-refractivity contribution is 0.0979. The molecule has 0 aromatic carbocycles. The van der Waals surface area contributed by atoms with Crippen molar-refractivity contribution in [1.82, 2.24) is 14.9 Å². The van der Waals surface area contributed by atoms with E-state index in [9.17, 15) is 0 Å². The molecule has 3 heterocycles. The van der Waals surface area contributed by atoms with Gasteiger partial charge in [0, 0.05) is 37.0 Å². The lowest BCUT2D eigenvalue weighted by Gasteiger charge is -2.11. The number of fused-ring (bicyclic) bond motifs is 1. The maximum atomic E-state index is 5.75. The molecule has 1 fully saturated rings. The maximum Gasteiger partial charge on any atom is 0.140 e. The summed E-state index contributed by atoms with van der Waals surface area (Å²) in [6, 6.07) is 4.66. The third-order valence-electron chi connectivity index (χ3n) is 3.84. The summed E-state index contributed by atoms with van der Waals surface area (Å²) >= 11 is 0. The molecule has 4 heteroatoms. The molecule has 20 heavy (non-hydrogen) atoms. The lowest BCUT2D eigenvalue weighted by atomic mass is 10.2. The van der Waals surface area contributed by atoms with Gasteiger partial charge in [-0.2, -0.15) is 0 Å². The summed E-state index contributed by atoms with van der Waals surface area (Å²) in [7, 11) is 0. The van der Waals surface area contributed by atoms with E-state index in [1.807, 2.05) is 12.3 Å². The lowest BCUT2D eigenvalue weighted by Crippen LogP contribution is -2.21. The number of nitrogens with one attached hydrogen (secondary N) is 1. The highest BCUT2D eigenvalue weighted by atomic mass is 16.5. The highest BCUT2D eigenvalue weighted by molar-refractivity contribution is 5.80. The number of pyridine rings is 1. The van der Waals surface area contributed by atoms with Crippen LogP contribution in [-0.4, -0.2) is 28.3 Å². The van der Waals surface area contributed by atoms with Gasteiger partial charge in [0.2, 0.25) is 0 Å². The van der Waals surface area contributed by atoms with Crippen LogP contribution >= 0.6 is 0 Å². The second-order valence-electron chi connectivity index (χ2n) is 5.85. The van der Waals surface area contributed by atoms with E-state index in [2.05, 4.69) is 41.0 Å². The number of rotatable bonds is 5. The smallest absolute Gasteiger partial charge is 0.140 e. The third-order valence-corrected chi connectivity index (χ3v) is 3.84. The molecule has 0 aliphatic carbocycles. The summed E-state index contributed by atoms with van der Waals surface area (Å²) in [5.74, 6) is 0. The molecule has 2 aromatic rings. The van der Waals surface area contributed by atoms with Crippen LogP contribution in [0.1, 0.15) is 32.3 Å². The molecule has 3 rings (SSSR count). The Kier molecular flexibility index (Phi) is 4.03. The van der Waals surface area contributed by atoms with Gasteiger partial charge in [0.15, 0.2) is 0 Å². The number of ether oxygens (including phenoxy) is 1. The highest BCUT2D eigenvalue weighted by Gasteiger charge is 2.18. The van der Waals surface area contributed by atoms with Gasteiger partial charge in [-0.3, -0.25) is 0 Å². The van der Waals surface area contributed by atoms with Crippen LogP contribution in [0.25, 0.3) is 11.0 Å². The van der Waals surface area contributed by atoms with E-state index in [1.165, 1.54) is 17.4 Å². The Hall–Kier alpha value is -1.39. The Morgan fingerprint density at radius 1 is 1.50 bits per heavy atom. The molecule has 1 aliphatic heterocycles. The summed E-state index contributed by atoms with van der Waals surface area (Å²) < 4.78 is 8.00. The average molecular weight is 273 g/mol. The summed E-state index contributed by atoms with van der Waals surface area (Å²) in [5.41, 5.74) is 2.39. The molecule has 4 nitrogen and oxygen atoms in total. The molecule has 0 radical (unpaired) electrons. The molecule has 2 aromatic heterocycles. The standard InChI is InChI=1S/C16H23N3O/c1-12(2)18-9-13-10-19(11-14-5-4-8-20-14)16-15(13)6-3-7-17-16/h3,6-7,10,12,14,18H,4-5,8-9,11H2,1-2H3. The van der Waals surface area contributed by atoms with Gasteiger partial charge in [-0.05, 0) is 30.5 Å². The zero-order valence-corrected chi connectivity index (χ0v) is 12.3. The van der Waals surface area contributed by atoms with E-state index in [-0.39, 0.29) is 0 Å². The molecular weight excluding hydrogens is 250 g/mol. The number of hydrogen-bond donors (Lipinski definition) is 1. The van der Waals surface area contributed by atoms with Crippen LogP contribution in [0, 0.1) is 0 Å². The van der Waals surface area contributed by atoms with E-state index in [0.29, 0.717) is 12.1 Å². The second kappa shape index (κ2) is 5.94. The van der Waals surface area contributed by atoms with E-state index in [1.54, 1.807) is 0 Å². The average Bonchev–Trinajstić information content (AvgIpc) is 3.06. The number of hydrogen-bond acceptors (Lipinski definition) is 3. The minimum atomic E-state index is 0.346. The summed E-state index contributed by atoms with van der Waals surface area (Å²) in [6.07, 6.45) is 6.78. The maximum absolute atomic E-state index is 5.75. The van der Waals surface area contributed by atoms with Gasteiger partial charge in [0.05, 0.1) is 12.6 Å². The fourth-order valence-corrected chi connectivity index (χ4v) is 2.80. The van der Waals surface area contributed by atoms with Crippen LogP contribution in [-0.2, 0) is 17.8 Å². The molecule has 1 N–H and O–H groups in total. The van der Waals surface area contributed by atoms with Crippen LogP contribution in [0.15, 0.2) is 24.5 Å². The highest BCUT2D eigenvalue weighted by Crippen LogP contribution is 2.22. The van der Waals surface area contributed by atoms with Crippen LogP contribution in [0.4, 0.5) is 0 Å². The predicted molar refractivity (Wildman–Crippen MR) is 80.7 cm³/mol. The Morgan fingerprint density at radius 3 is 3.15 bits per heavy atom. The summed E-state index contributed by atoms with van der Waals surface area (Å²) in [6.45, 7) is 7.04. The van der Waals surface area contributed by atoms with Crippen LogP contribution in [0.2, 0.25) is 0 Å². The van der Waals surface area contributed by atoms with Crippen molar-refractivity contribution < 1.29 is 4.74 Å². The number of nitrogens with zero attached hydrogens (tertiary/aromatic N) is 2. The Balaban J connectivity index is 1.87. The van der Waals surface area contributed by atoms with Gasteiger partial charge in [-0.15, -0.1) is 0 Å². The van der Waals surface area contributed by atoms with E-state index >= 15 is 0 Å². The van der Waals surface area contributed by atoms with Crippen molar-refractivity contribution in [3.63, 3.8) is 0 Å². The number of aromatic nitrogens is 2. The van der Waals surface area contributed by atoms with Crippen molar-refractivity contribution in [3.05, 3.63) is 30.1 Å². The van der Waals surface area contributed by atoms with Crippen LogP contribution in [0.3, 0.4) is 0 Å². The molecular formula is C16H23N3O. The van der Waals surface area contributed by atoms with Gasteiger partial charge in [0.25, 0.3) is 0 Å². The van der Waals surface area contributed by atoms with E-state index in [4.69, 9.17) is 4.74 Å². The molecule has 108 valence electrons. The quantitative estimate of drug-likeness (QED) is 0.910. The first-order valence-electron chi connectivity index (χ1n) is 7.52. The summed E-state index contributed by atoms with van der Waals surface area (Å²) in [5, 5.41) is 4.74. The first-order valence-corrected chi connectivity index (χ1v) is 7.52. The molecule has 1 atom stereocenters. The molecule has 1 aliphatic rings. The van der Waals surface area contributed by atoms with Crippen molar-refractivity contribution in [3.8, 4) is 0 Å². The van der Waals surface area contributed by atoms with Gasteiger partial charge < -0.3 is 14.6 Å². The largest absolute Gasteiger partial charge is 0.376 e. The SMILES string of the molecule is CC(C)NCc1cn(CC2CCCO2)c2ncccc12. The van der Waals surface area contributed by atoms with Gasteiger partial charge in [-0.25, -0.2) is 4.98 Å². The normalized spacial score (nSPS) is 19.2.